The first-order valence-electron chi connectivity index (χ1n) is 6.62. The van der Waals surface area contributed by atoms with Crippen LogP contribution >= 0.6 is 0 Å². The van der Waals surface area contributed by atoms with Gasteiger partial charge in [-0.15, -0.1) is 0 Å². The van der Waals surface area contributed by atoms with Crippen molar-refractivity contribution in [2.45, 2.75) is 33.2 Å². The van der Waals surface area contributed by atoms with E-state index >= 15 is 0 Å². The van der Waals surface area contributed by atoms with E-state index in [2.05, 4.69) is 5.32 Å². The van der Waals surface area contributed by atoms with Gasteiger partial charge >= 0.3 is 0 Å². The van der Waals surface area contributed by atoms with Crippen LogP contribution in [0, 0.1) is 6.92 Å². The average molecular weight is 293 g/mol. The molecule has 1 unspecified atom stereocenters. The van der Waals surface area contributed by atoms with Gasteiger partial charge in [-0.2, -0.15) is 0 Å². The molecule has 0 aliphatic carbocycles. The number of rotatable bonds is 3. The Hall–Kier alpha value is -1.62. The molecule has 0 saturated carbocycles. The van der Waals surface area contributed by atoms with Crippen LogP contribution in [0.4, 0.5) is 0 Å². The number of benzene rings is 1. The van der Waals surface area contributed by atoms with Crippen molar-refractivity contribution in [2.75, 3.05) is 5.75 Å². The van der Waals surface area contributed by atoms with Gasteiger partial charge in [0, 0.05) is 10.5 Å². The third-order valence-corrected chi connectivity index (χ3v) is 5.71. The van der Waals surface area contributed by atoms with Crippen molar-refractivity contribution < 1.29 is 13.2 Å². The minimum atomic E-state index is -3.21. The molecule has 4 nitrogen and oxygen atoms in total. The molecule has 0 spiro atoms. The van der Waals surface area contributed by atoms with E-state index in [-0.39, 0.29) is 22.6 Å². The molecule has 1 aliphatic heterocycles. The number of sulfone groups is 1. The first-order valence-corrected chi connectivity index (χ1v) is 8.27. The van der Waals surface area contributed by atoms with E-state index in [9.17, 15) is 13.2 Å². The number of allylic oxidation sites excluding steroid dienone is 1. The zero-order chi connectivity index (χ0) is 14.9. The fraction of sp³-hybridized carbons (Fsp3) is 0.400. The summed E-state index contributed by atoms with van der Waals surface area (Å²) in [6.07, 6.45) is 0.306. The van der Waals surface area contributed by atoms with Crippen LogP contribution in [0.1, 0.15) is 37.4 Å². The standard InChI is InChI=1S/C15H19NO3S/c1-10-6-4-5-7-13(10)11(2)16-15(17)14-8-9-20(18,19)12(14)3/h4-7,11H,8-9H2,1-3H3,(H,16,17). The number of hydrogen-bond acceptors (Lipinski definition) is 3. The Kier molecular flexibility index (Phi) is 3.99. The maximum Gasteiger partial charge on any atom is 0.248 e. The third kappa shape index (κ3) is 2.77. The van der Waals surface area contributed by atoms with Crippen LogP contribution in [-0.2, 0) is 14.6 Å². The van der Waals surface area contributed by atoms with Gasteiger partial charge in [-0.3, -0.25) is 4.79 Å². The van der Waals surface area contributed by atoms with Gasteiger partial charge in [0.25, 0.3) is 0 Å². The molecule has 0 fully saturated rings. The van der Waals surface area contributed by atoms with Crippen LogP contribution in [0.3, 0.4) is 0 Å². The van der Waals surface area contributed by atoms with E-state index in [1.54, 1.807) is 0 Å². The first-order chi connectivity index (χ1) is 9.33. The second-order valence-corrected chi connectivity index (χ2v) is 7.41. The molecule has 0 bridgehead atoms. The fourth-order valence-corrected chi connectivity index (χ4v) is 3.81. The van der Waals surface area contributed by atoms with E-state index in [0.717, 1.165) is 11.1 Å². The van der Waals surface area contributed by atoms with Crippen molar-refractivity contribution in [2.24, 2.45) is 0 Å². The van der Waals surface area contributed by atoms with Gasteiger partial charge in [0.05, 0.1) is 11.8 Å². The Morgan fingerprint density at radius 3 is 2.45 bits per heavy atom. The summed E-state index contributed by atoms with van der Waals surface area (Å²) in [5.74, 6) is -0.236. The lowest BCUT2D eigenvalue weighted by Crippen LogP contribution is -2.28. The largest absolute Gasteiger partial charge is 0.346 e. The van der Waals surface area contributed by atoms with Crippen molar-refractivity contribution in [1.82, 2.24) is 5.32 Å². The van der Waals surface area contributed by atoms with E-state index in [4.69, 9.17) is 0 Å². The molecule has 0 radical (unpaired) electrons. The third-order valence-electron chi connectivity index (χ3n) is 3.79. The van der Waals surface area contributed by atoms with Crippen molar-refractivity contribution in [3.8, 4) is 0 Å². The SMILES string of the molecule is CC1=C(C(=O)NC(C)c2ccccc2C)CCS1(=O)=O. The predicted molar refractivity (Wildman–Crippen MR) is 78.8 cm³/mol. The van der Waals surface area contributed by atoms with Gasteiger partial charge in [0.1, 0.15) is 0 Å². The summed E-state index contributed by atoms with van der Waals surface area (Å²) < 4.78 is 23.3. The highest BCUT2D eigenvalue weighted by molar-refractivity contribution is 7.95. The molecule has 1 aromatic rings. The van der Waals surface area contributed by atoms with E-state index in [1.807, 2.05) is 38.1 Å². The number of carbonyl (C=O) groups excluding carboxylic acids is 1. The van der Waals surface area contributed by atoms with Gasteiger partial charge < -0.3 is 5.32 Å². The highest BCUT2D eigenvalue weighted by atomic mass is 32.2. The average Bonchev–Trinajstić information content (AvgIpc) is 2.65. The maximum atomic E-state index is 12.2. The molecule has 1 N–H and O–H groups in total. The minimum absolute atomic E-state index is 0.0420. The smallest absolute Gasteiger partial charge is 0.248 e. The van der Waals surface area contributed by atoms with Crippen LogP contribution in [0.5, 0.6) is 0 Å². The molecule has 1 heterocycles. The molecule has 0 saturated heterocycles. The summed E-state index contributed by atoms with van der Waals surface area (Å²) in [5.41, 5.74) is 2.54. The number of amides is 1. The second kappa shape index (κ2) is 5.40. The molecule has 1 atom stereocenters. The van der Waals surface area contributed by atoms with E-state index in [0.29, 0.717) is 12.0 Å². The molecule has 0 aromatic heterocycles. The molecule has 1 aromatic carbocycles. The van der Waals surface area contributed by atoms with Gasteiger partial charge in [-0.1, -0.05) is 24.3 Å². The lowest BCUT2D eigenvalue weighted by Gasteiger charge is -2.17. The van der Waals surface area contributed by atoms with Crippen LogP contribution < -0.4 is 5.32 Å². The van der Waals surface area contributed by atoms with Crippen LogP contribution in [0.2, 0.25) is 0 Å². The quantitative estimate of drug-likeness (QED) is 0.930. The first kappa shape index (κ1) is 14.8. The summed E-state index contributed by atoms with van der Waals surface area (Å²) in [4.78, 5) is 12.4. The Balaban J connectivity index is 2.18. The summed E-state index contributed by atoms with van der Waals surface area (Å²) in [6, 6.07) is 7.68. The normalized spacial score (nSPS) is 18.9. The monoisotopic (exact) mass is 293 g/mol. The minimum Gasteiger partial charge on any atom is -0.346 e. The Morgan fingerprint density at radius 2 is 1.90 bits per heavy atom. The Bertz CT molecular complexity index is 674. The number of nitrogens with one attached hydrogen (secondary N) is 1. The number of carbonyl (C=O) groups is 1. The summed E-state index contributed by atoms with van der Waals surface area (Å²) in [5, 5.41) is 2.89. The van der Waals surface area contributed by atoms with Gasteiger partial charge in [-0.05, 0) is 38.3 Å². The number of hydrogen-bond donors (Lipinski definition) is 1. The van der Waals surface area contributed by atoms with Crippen LogP contribution in [-0.4, -0.2) is 20.1 Å². The Morgan fingerprint density at radius 1 is 1.25 bits per heavy atom. The van der Waals surface area contributed by atoms with Gasteiger partial charge in [-0.25, -0.2) is 8.42 Å². The van der Waals surface area contributed by atoms with Gasteiger partial charge in [0.15, 0.2) is 9.84 Å². The molecule has 1 aliphatic rings. The highest BCUT2D eigenvalue weighted by Gasteiger charge is 2.30. The lowest BCUT2D eigenvalue weighted by molar-refractivity contribution is -0.118. The maximum absolute atomic E-state index is 12.2. The summed E-state index contributed by atoms with van der Waals surface area (Å²) in [6.45, 7) is 5.40. The van der Waals surface area contributed by atoms with Crippen molar-refractivity contribution in [3.05, 3.63) is 45.9 Å². The fourth-order valence-electron chi connectivity index (χ4n) is 2.46. The zero-order valence-corrected chi connectivity index (χ0v) is 12.8. The summed E-state index contributed by atoms with van der Waals surface area (Å²) in [7, 11) is -3.21. The van der Waals surface area contributed by atoms with Crippen LogP contribution in [0.25, 0.3) is 0 Å². The predicted octanol–water partition coefficient (Wildman–Crippen LogP) is 2.26. The molecular weight excluding hydrogens is 274 g/mol. The molecule has 108 valence electrons. The summed E-state index contributed by atoms with van der Waals surface area (Å²) >= 11 is 0. The number of aryl methyl sites for hydroxylation is 1. The van der Waals surface area contributed by atoms with Gasteiger partial charge in [0.2, 0.25) is 5.91 Å². The molecule has 2 rings (SSSR count). The highest BCUT2D eigenvalue weighted by Crippen LogP contribution is 2.26. The molecule has 20 heavy (non-hydrogen) atoms. The molecule has 1 amide bonds. The van der Waals surface area contributed by atoms with Crippen molar-refractivity contribution in [1.29, 1.82) is 0 Å². The molecular formula is C15H19NO3S. The van der Waals surface area contributed by atoms with E-state index < -0.39 is 9.84 Å². The van der Waals surface area contributed by atoms with Crippen molar-refractivity contribution >= 4 is 15.7 Å². The van der Waals surface area contributed by atoms with E-state index in [1.165, 1.54) is 6.92 Å². The second-order valence-electron chi connectivity index (χ2n) is 5.16. The zero-order valence-electron chi connectivity index (χ0n) is 11.9. The molecule has 5 heteroatoms. The van der Waals surface area contributed by atoms with Crippen LogP contribution in [0.15, 0.2) is 34.7 Å². The lowest BCUT2D eigenvalue weighted by atomic mass is 10.0. The topological polar surface area (TPSA) is 63.2 Å². The van der Waals surface area contributed by atoms with Crippen molar-refractivity contribution in [3.63, 3.8) is 0 Å². The Labute approximate surface area is 119 Å².